The minimum Gasteiger partial charge on any atom is -0.338 e. The van der Waals surface area contributed by atoms with Crippen molar-refractivity contribution < 1.29 is 9.59 Å². The van der Waals surface area contributed by atoms with Gasteiger partial charge in [0.25, 0.3) is 0 Å². The van der Waals surface area contributed by atoms with Crippen LogP contribution in [0.25, 0.3) is 0 Å². The first-order valence-corrected chi connectivity index (χ1v) is 8.57. The van der Waals surface area contributed by atoms with Gasteiger partial charge in [-0.25, -0.2) is 9.78 Å². The number of aryl methyl sites for hydroxylation is 1. The summed E-state index contributed by atoms with van der Waals surface area (Å²) in [5.41, 5.74) is 2.11. The fourth-order valence-electron chi connectivity index (χ4n) is 1.92. The number of carbonyl (C=O) groups is 2. The minimum atomic E-state index is -0.457. The lowest BCUT2D eigenvalue weighted by molar-refractivity contribution is -0.119. The van der Waals surface area contributed by atoms with Crippen LogP contribution in [0.2, 0.25) is 0 Å². The molecule has 0 spiro atoms. The van der Waals surface area contributed by atoms with E-state index in [0.717, 1.165) is 35.9 Å². The normalized spacial score (nSPS) is 12.0. The number of rotatable bonds is 7. The molecule has 1 unspecified atom stereocenters. The Morgan fingerprint density at radius 2 is 2.00 bits per heavy atom. The number of hydrogen-bond acceptors (Lipinski definition) is 4. The Hall–Kier alpha value is -1.50. The fraction of sp³-hybridized carbons (Fsp3) is 0.667. The third-order valence-corrected chi connectivity index (χ3v) is 4.47. The Labute approximate surface area is 136 Å². The van der Waals surface area contributed by atoms with Gasteiger partial charge in [0.1, 0.15) is 0 Å². The number of nitrogens with zero attached hydrogens (tertiary/aromatic N) is 2. The highest BCUT2D eigenvalue weighted by molar-refractivity contribution is 8.00. The number of unbranched alkanes of at least 4 members (excludes halogenated alkanes) is 1. The average molecular weight is 326 g/mol. The van der Waals surface area contributed by atoms with Gasteiger partial charge in [-0.15, -0.1) is 0 Å². The lowest BCUT2D eigenvalue weighted by Gasteiger charge is -2.13. The van der Waals surface area contributed by atoms with E-state index >= 15 is 0 Å². The van der Waals surface area contributed by atoms with Crippen molar-refractivity contribution in [2.24, 2.45) is 0 Å². The molecule has 1 atom stereocenters. The zero-order valence-corrected chi connectivity index (χ0v) is 14.8. The van der Waals surface area contributed by atoms with E-state index in [0.29, 0.717) is 6.54 Å². The Morgan fingerprint density at radius 1 is 1.32 bits per heavy atom. The predicted octanol–water partition coefficient (Wildman–Crippen LogP) is 2.63. The molecule has 6 nitrogen and oxygen atoms in total. The Kier molecular flexibility index (Phi) is 7.44. The van der Waals surface area contributed by atoms with Gasteiger partial charge in [0.2, 0.25) is 5.91 Å². The SMILES string of the molecule is CCCCn1c(SC(C)C(=O)NC(=O)NCC)nc(C)c1C. The minimum absolute atomic E-state index is 0.309. The Balaban J connectivity index is 2.74. The van der Waals surface area contributed by atoms with Gasteiger partial charge in [-0.1, -0.05) is 25.1 Å². The topological polar surface area (TPSA) is 76.0 Å². The molecule has 0 saturated carbocycles. The Morgan fingerprint density at radius 3 is 2.59 bits per heavy atom. The second kappa shape index (κ2) is 8.82. The summed E-state index contributed by atoms with van der Waals surface area (Å²) in [6.45, 7) is 11.1. The highest BCUT2D eigenvalue weighted by Crippen LogP contribution is 2.25. The van der Waals surface area contributed by atoms with Crippen LogP contribution in [0, 0.1) is 13.8 Å². The van der Waals surface area contributed by atoms with Crippen LogP contribution in [0.5, 0.6) is 0 Å². The molecule has 7 heteroatoms. The standard InChI is InChI=1S/C15H26N4O2S/c1-6-8-9-19-11(4)10(3)17-15(19)22-12(5)13(20)18-14(21)16-7-2/h12H,6-9H2,1-5H3,(H2,16,18,20,21). The van der Waals surface area contributed by atoms with Crippen LogP contribution in [-0.4, -0.2) is 33.3 Å². The molecule has 22 heavy (non-hydrogen) atoms. The molecule has 1 rings (SSSR count). The summed E-state index contributed by atoms with van der Waals surface area (Å²) in [6, 6.07) is -0.457. The predicted molar refractivity (Wildman–Crippen MR) is 89.1 cm³/mol. The molecule has 0 aliphatic carbocycles. The van der Waals surface area contributed by atoms with Gasteiger partial charge in [-0.3, -0.25) is 10.1 Å². The third kappa shape index (κ3) is 5.05. The largest absolute Gasteiger partial charge is 0.338 e. The molecule has 0 bridgehead atoms. The highest BCUT2D eigenvalue weighted by Gasteiger charge is 2.20. The fourth-order valence-corrected chi connectivity index (χ4v) is 2.95. The maximum Gasteiger partial charge on any atom is 0.321 e. The number of imide groups is 1. The molecule has 124 valence electrons. The van der Waals surface area contributed by atoms with E-state index in [4.69, 9.17) is 0 Å². The molecule has 2 N–H and O–H groups in total. The van der Waals surface area contributed by atoms with Gasteiger partial charge < -0.3 is 9.88 Å². The second-order valence-corrected chi connectivity index (χ2v) is 6.49. The highest BCUT2D eigenvalue weighted by atomic mass is 32.2. The summed E-state index contributed by atoms with van der Waals surface area (Å²) in [6.07, 6.45) is 2.18. The molecule has 0 aliphatic heterocycles. The van der Waals surface area contributed by atoms with Crippen molar-refractivity contribution in [3.8, 4) is 0 Å². The lowest BCUT2D eigenvalue weighted by Crippen LogP contribution is -2.42. The number of urea groups is 1. The van der Waals surface area contributed by atoms with Crippen LogP contribution in [0.3, 0.4) is 0 Å². The van der Waals surface area contributed by atoms with E-state index in [1.807, 2.05) is 13.8 Å². The van der Waals surface area contributed by atoms with Crippen LogP contribution < -0.4 is 10.6 Å². The molecule has 0 saturated heterocycles. The molecule has 3 amide bonds. The Bertz CT molecular complexity index is 528. The molecular formula is C15H26N4O2S. The van der Waals surface area contributed by atoms with Crippen LogP contribution in [0.4, 0.5) is 4.79 Å². The van der Waals surface area contributed by atoms with Crippen LogP contribution >= 0.6 is 11.8 Å². The van der Waals surface area contributed by atoms with Crippen LogP contribution in [0.15, 0.2) is 5.16 Å². The number of hydrogen-bond donors (Lipinski definition) is 2. The van der Waals surface area contributed by atoms with Crippen molar-refractivity contribution in [3.63, 3.8) is 0 Å². The molecule has 0 fully saturated rings. The summed E-state index contributed by atoms with van der Waals surface area (Å²) in [5, 5.41) is 5.33. The first kappa shape index (κ1) is 18.5. The quantitative estimate of drug-likeness (QED) is 0.755. The van der Waals surface area contributed by atoms with Crippen LogP contribution in [0.1, 0.15) is 45.0 Å². The molecule has 0 aliphatic rings. The van der Waals surface area contributed by atoms with Crippen molar-refractivity contribution in [2.45, 2.75) is 64.4 Å². The number of amides is 3. The summed E-state index contributed by atoms with van der Waals surface area (Å²) in [4.78, 5) is 28.0. The molecule has 1 aromatic rings. The zero-order chi connectivity index (χ0) is 16.7. The first-order valence-electron chi connectivity index (χ1n) is 7.69. The number of carbonyl (C=O) groups excluding carboxylic acids is 2. The van der Waals surface area contributed by atoms with E-state index in [1.54, 1.807) is 13.8 Å². The van der Waals surface area contributed by atoms with Gasteiger partial charge in [0.05, 0.1) is 10.9 Å². The van der Waals surface area contributed by atoms with E-state index < -0.39 is 6.03 Å². The van der Waals surface area contributed by atoms with Gasteiger partial charge in [-0.05, 0) is 34.1 Å². The molecule has 0 radical (unpaired) electrons. The summed E-state index contributed by atoms with van der Waals surface area (Å²) >= 11 is 1.38. The summed E-state index contributed by atoms with van der Waals surface area (Å²) in [5.74, 6) is -0.309. The lowest BCUT2D eigenvalue weighted by atomic mass is 10.3. The van der Waals surface area contributed by atoms with Crippen LogP contribution in [-0.2, 0) is 11.3 Å². The maximum atomic E-state index is 12.0. The van der Waals surface area contributed by atoms with Crippen molar-refractivity contribution in [1.82, 2.24) is 20.2 Å². The van der Waals surface area contributed by atoms with Crippen molar-refractivity contribution in [1.29, 1.82) is 0 Å². The molecular weight excluding hydrogens is 300 g/mol. The van der Waals surface area contributed by atoms with Gasteiger partial charge in [-0.2, -0.15) is 0 Å². The van der Waals surface area contributed by atoms with Gasteiger partial charge in [0, 0.05) is 18.8 Å². The van der Waals surface area contributed by atoms with E-state index in [2.05, 4.69) is 27.1 Å². The van der Waals surface area contributed by atoms with E-state index in [9.17, 15) is 9.59 Å². The number of thioether (sulfide) groups is 1. The van der Waals surface area contributed by atoms with Crippen molar-refractivity contribution in [2.75, 3.05) is 6.54 Å². The van der Waals surface area contributed by atoms with E-state index in [-0.39, 0.29) is 11.2 Å². The third-order valence-electron chi connectivity index (χ3n) is 3.38. The summed E-state index contributed by atoms with van der Waals surface area (Å²) < 4.78 is 2.15. The molecule has 1 aromatic heterocycles. The van der Waals surface area contributed by atoms with Crippen molar-refractivity contribution >= 4 is 23.7 Å². The van der Waals surface area contributed by atoms with Gasteiger partial charge in [0.15, 0.2) is 5.16 Å². The zero-order valence-electron chi connectivity index (χ0n) is 14.0. The monoisotopic (exact) mass is 326 g/mol. The average Bonchev–Trinajstić information content (AvgIpc) is 2.71. The summed E-state index contributed by atoms with van der Waals surface area (Å²) in [7, 11) is 0. The number of aromatic nitrogens is 2. The first-order chi connectivity index (χ1) is 10.4. The second-order valence-electron chi connectivity index (χ2n) is 5.18. The maximum absolute atomic E-state index is 12.0. The van der Waals surface area contributed by atoms with Gasteiger partial charge >= 0.3 is 6.03 Å². The van der Waals surface area contributed by atoms with Crippen molar-refractivity contribution in [3.05, 3.63) is 11.4 Å². The number of imidazole rings is 1. The van der Waals surface area contributed by atoms with E-state index in [1.165, 1.54) is 11.8 Å². The number of nitrogens with one attached hydrogen (secondary N) is 2. The molecule has 0 aromatic carbocycles. The molecule has 1 heterocycles. The smallest absolute Gasteiger partial charge is 0.321 e.